The fourth-order valence-corrected chi connectivity index (χ4v) is 2.49. The number of hydrogen-bond donors (Lipinski definition) is 0. The summed E-state index contributed by atoms with van der Waals surface area (Å²) in [6, 6.07) is 8.56. The van der Waals surface area contributed by atoms with Crippen LogP contribution in [-0.2, 0) is 0 Å². The molecule has 0 saturated heterocycles. The van der Waals surface area contributed by atoms with Crippen LogP contribution in [0.25, 0.3) is 10.9 Å². The molecule has 15 heavy (non-hydrogen) atoms. The zero-order chi connectivity index (χ0) is 10.8. The molecule has 2 heteroatoms. The first-order valence-electron chi connectivity index (χ1n) is 5.19. The van der Waals surface area contributed by atoms with Gasteiger partial charge in [0.25, 0.3) is 0 Å². The molecule has 0 atom stereocenters. The van der Waals surface area contributed by atoms with Gasteiger partial charge in [0.1, 0.15) is 0 Å². The standard InChI is InChI=1S/C13H15NS/c1-9(2)15-11-4-5-13-12(8-11)10(3)6-7-14-13/h4-9H,1-3H3. The predicted molar refractivity (Wildman–Crippen MR) is 67.5 cm³/mol. The predicted octanol–water partition coefficient (Wildman–Crippen LogP) is 4.04. The van der Waals surface area contributed by atoms with E-state index in [0.29, 0.717) is 5.25 Å². The third-order valence-corrected chi connectivity index (χ3v) is 3.30. The number of pyridine rings is 1. The first-order chi connectivity index (χ1) is 7.16. The van der Waals surface area contributed by atoms with Gasteiger partial charge in [0.15, 0.2) is 0 Å². The van der Waals surface area contributed by atoms with Crippen molar-refractivity contribution in [3.63, 3.8) is 0 Å². The average Bonchev–Trinajstić information content (AvgIpc) is 2.18. The van der Waals surface area contributed by atoms with Crippen molar-refractivity contribution in [3.05, 3.63) is 36.0 Å². The zero-order valence-electron chi connectivity index (χ0n) is 9.32. The van der Waals surface area contributed by atoms with Crippen molar-refractivity contribution in [2.24, 2.45) is 0 Å². The first-order valence-corrected chi connectivity index (χ1v) is 6.07. The number of hydrogen-bond acceptors (Lipinski definition) is 2. The molecule has 0 saturated carbocycles. The lowest BCUT2D eigenvalue weighted by molar-refractivity contribution is 1.11. The van der Waals surface area contributed by atoms with E-state index in [9.17, 15) is 0 Å². The second-order valence-corrected chi connectivity index (χ2v) is 5.62. The molecule has 1 aromatic heterocycles. The van der Waals surface area contributed by atoms with Crippen LogP contribution in [-0.4, -0.2) is 10.2 Å². The molecule has 1 heterocycles. The lowest BCUT2D eigenvalue weighted by Gasteiger charge is -2.07. The van der Waals surface area contributed by atoms with Crippen LogP contribution in [0.3, 0.4) is 0 Å². The lowest BCUT2D eigenvalue weighted by atomic mass is 10.1. The summed E-state index contributed by atoms with van der Waals surface area (Å²) in [6.45, 7) is 6.56. The third-order valence-electron chi connectivity index (χ3n) is 2.30. The molecular weight excluding hydrogens is 202 g/mol. The Morgan fingerprint density at radius 1 is 1.20 bits per heavy atom. The van der Waals surface area contributed by atoms with Gasteiger partial charge >= 0.3 is 0 Å². The normalized spacial score (nSPS) is 11.2. The molecule has 0 unspecified atom stereocenters. The van der Waals surface area contributed by atoms with E-state index in [-0.39, 0.29) is 0 Å². The largest absolute Gasteiger partial charge is 0.256 e. The summed E-state index contributed by atoms with van der Waals surface area (Å²) in [6.07, 6.45) is 1.87. The van der Waals surface area contributed by atoms with Crippen LogP contribution in [0.2, 0.25) is 0 Å². The van der Waals surface area contributed by atoms with Crippen molar-refractivity contribution >= 4 is 22.7 Å². The van der Waals surface area contributed by atoms with Gasteiger partial charge in [-0.15, -0.1) is 11.8 Å². The minimum Gasteiger partial charge on any atom is -0.256 e. The maximum absolute atomic E-state index is 4.35. The minimum absolute atomic E-state index is 0.624. The molecule has 2 rings (SSSR count). The average molecular weight is 217 g/mol. The molecule has 78 valence electrons. The molecule has 1 aromatic carbocycles. The Hall–Kier alpha value is -1.02. The van der Waals surface area contributed by atoms with Crippen molar-refractivity contribution in [3.8, 4) is 0 Å². The summed E-state index contributed by atoms with van der Waals surface area (Å²) in [5.74, 6) is 0. The van der Waals surface area contributed by atoms with Gasteiger partial charge in [-0.25, -0.2) is 0 Å². The SMILES string of the molecule is Cc1ccnc2ccc(SC(C)C)cc12. The number of nitrogens with zero attached hydrogens (tertiary/aromatic N) is 1. The molecule has 2 aromatic rings. The topological polar surface area (TPSA) is 12.9 Å². The van der Waals surface area contributed by atoms with Crippen LogP contribution < -0.4 is 0 Å². The van der Waals surface area contributed by atoms with Crippen molar-refractivity contribution in [2.45, 2.75) is 30.9 Å². The number of aromatic nitrogens is 1. The Bertz CT molecular complexity index is 477. The number of aryl methyl sites for hydroxylation is 1. The van der Waals surface area contributed by atoms with Crippen LogP contribution in [0.15, 0.2) is 35.4 Å². The van der Waals surface area contributed by atoms with Crippen LogP contribution in [0.1, 0.15) is 19.4 Å². The number of thioether (sulfide) groups is 1. The van der Waals surface area contributed by atoms with E-state index in [2.05, 4.69) is 50.0 Å². The maximum atomic E-state index is 4.35. The van der Waals surface area contributed by atoms with Gasteiger partial charge in [-0.1, -0.05) is 13.8 Å². The molecule has 0 aliphatic rings. The van der Waals surface area contributed by atoms with Crippen molar-refractivity contribution in [2.75, 3.05) is 0 Å². The van der Waals surface area contributed by atoms with Gasteiger partial charge in [-0.05, 0) is 36.8 Å². The Morgan fingerprint density at radius 2 is 2.00 bits per heavy atom. The van der Waals surface area contributed by atoms with E-state index in [0.717, 1.165) is 5.52 Å². The van der Waals surface area contributed by atoms with Gasteiger partial charge in [-0.3, -0.25) is 4.98 Å². The van der Waals surface area contributed by atoms with Gasteiger partial charge in [0.2, 0.25) is 0 Å². The van der Waals surface area contributed by atoms with E-state index in [4.69, 9.17) is 0 Å². The molecule has 0 bridgehead atoms. The van der Waals surface area contributed by atoms with Gasteiger partial charge < -0.3 is 0 Å². The number of rotatable bonds is 2. The second kappa shape index (κ2) is 4.23. The highest BCUT2D eigenvalue weighted by Gasteiger charge is 2.02. The number of fused-ring (bicyclic) bond motifs is 1. The molecule has 0 aliphatic heterocycles. The van der Waals surface area contributed by atoms with Gasteiger partial charge in [0.05, 0.1) is 5.52 Å². The molecule has 1 nitrogen and oxygen atoms in total. The Kier molecular flexibility index (Phi) is 2.96. The summed E-state index contributed by atoms with van der Waals surface area (Å²) >= 11 is 1.89. The minimum atomic E-state index is 0.624. The van der Waals surface area contributed by atoms with E-state index in [1.54, 1.807) is 0 Å². The van der Waals surface area contributed by atoms with Crippen molar-refractivity contribution < 1.29 is 0 Å². The summed E-state index contributed by atoms with van der Waals surface area (Å²) in [5.41, 5.74) is 2.38. The lowest BCUT2D eigenvalue weighted by Crippen LogP contribution is -1.87. The highest BCUT2D eigenvalue weighted by Crippen LogP contribution is 2.27. The smallest absolute Gasteiger partial charge is 0.0705 e. The van der Waals surface area contributed by atoms with Crippen LogP contribution >= 0.6 is 11.8 Å². The van der Waals surface area contributed by atoms with Crippen molar-refractivity contribution in [1.29, 1.82) is 0 Å². The Morgan fingerprint density at radius 3 is 2.73 bits per heavy atom. The quantitative estimate of drug-likeness (QED) is 0.704. The van der Waals surface area contributed by atoms with E-state index < -0.39 is 0 Å². The molecule has 0 aliphatic carbocycles. The van der Waals surface area contributed by atoms with Crippen LogP contribution in [0.5, 0.6) is 0 Å². The van der Waals surface area contributed by atoms with E-state index in [1.807, 2.05) is 18.0 Å². The summed E-state index contributed by atoms with van der Waals surface area (Å²) in [4.78, 5) is 5.68. The van der Waals surface area contributed by atoms with Crippen molar-refractivity contribution in [1.82, 2.24) is 4.98 Å². The molecule has 0 N–H and O–H groups in total. The van der Waals surface area contributed by atoms with Gasteiger partial charge in [0, 0.05) is 21.7 Å². The third kappa shape index (κ3) is 2.32. The highest BCUT2D eigenvalue weighted by atomic mass is 32.2. The van der Waals surface area contributed by atoms with Crippen LogP contribution in [0, 0.1) is 6.92 Å². The first kappa shape index (κ1) is 10.5. The molecule has 0 radical (unpaired) electrons. The van der Waals surface area contributed by atoms with Crippen LogP contribution in [0.4, 0.5) is 0 Å². The monoisotopic (exact) mass is 217 g/mol. The molecule has 0 amide bonds. The fourth-order valence-electron chi connectivity index (χ4n) is 1.61. The summed E-state index contributed by atoms with van der Waals surface area (Å²) in [5, 5.41) is 1.89. The fraction of sp³-hybridized carbons (Fsp3) is 0.308. The Balaban J connectivity index is 2.50. The van der Waals surface area contributed by atoms with Gasteiger partial charge in [-0.2, -0.15) is 0 Å². The zero-order valence-corrected chi connectivity index (χ0v) is 10.1. The molecule has 0 spiro atoms. The number of benzene rings is 1. The second-order valence-electron chi connectivity index (χ2n) is 3.97. The summed E-state index contributed by atoms with van der Waals surface area (Å²) in [7, 11) is 0. The molecule has 0 fully saturated rings. The summed E-state index contributed by atoms with van der Waals surface area (Å²) < 4.78 is 0. The Labute approximate surface area is 94.9 Å². The maximum Gasteiger partial charge on any atom is 0.0705 e. The molecular formula is C13H15NS. The van der Waals surface area contributed by atoms with E-state index in [1.165, 1.54) is 15.8 Å². The highest BCUT2D eigenvalue weighted by molar-refractivity contribution is 7.99. The van der Waals surface area contributed by atoms with E-state index >= 15 is 0 Å².